The SMILES string of the molecule is N#Cc1ccc(CN2CCC(N3Cc4cccn4C3=O)CC2)cc1. The highest BCUT2D eigenvalue weighted by molar-refractivity contribution is 5.80. The van der Waals surface area contributed by atoms with E-state index in [4.69, 9.17) is 5.26 Å². The van der Waals surface area contributed by atoms with E-state index in [1.165, 1.54) is 5.56 Å². The molecule has 0 unspecified atom stereocenters. The highest BCUT2D eigenvalue weighted by atomic mass is 16.2. The van der Waals surface area contributed by atoms with E-state index in [-0.39, 0.29) is 6.03 Å². The second kappa shape index (κ2) is 6.14. The van der Waals surface area contributed by atoms with Gasteiger partial charge in [0.25, 0.3) is 0 Å². The van der Waals surface area contributed by atoms with E-state index in [2.05, 4.69) is 11.0 Å². The quantitative estimate of drug-likeness (QED) is 0.874. The molecule has 0 aliphatic carbocycles. The molecule has 0 N–H and O–H groups in total. The molecule has 0 atom stereocenters. The number of aromatic nitrogens is 1. The van der Waals surface area contributed by atoms with Gasteiger partial charge in [-0.25, -0.2) is 4.79 Å². The summed E-state index contributed by atoms with van der Waals surface area (Å²) in [6, 6.07) is 14.4. The number of carbonyl (C=O) groups is 1. The van der Waals surface area contributed by atoms with Crippen LogP contribution in [-0.2, 0) is 13.1 Å². The fraction of sp³-hybridized carbons (Fsp3) is 0.368. The monoisotopic (exact) mass is 320 g/mol. The molecule has 0 saturated carbocycles. The van der Waals surface area contributed by atoms with Crippen LogP contribution in [-0.4, -0.2) is 39.5 Å². The standard InChI is InChI=1S/C19H20N4O/c20-12-15-3-5-16(6-4-15)13-21-10-7-17(8-11-21)23-14-18-2-1-9-22(18)19(23)24/h1-6,9,17H,7-8,10-11,13-14H2. The summed E-state index contributed by atoms with van der Waals surface area (Å²) in [4.78, 5) is 16.9. The van der Waals surface area contributed by atoms with E-state index >= 15 is 0 Å². The van der Waals surface area contributed by atoms with Crippen LogP contribution in [0.3, 0.4) is 0 Å². The third kappa shape index (κ3) is 2.70. The van der Waals surface area contributed by atoms with Crippen molar-refractivity contribution in [1.29, 1.82) is 5.26 Å². The van der Waals surface area contributed by atoms with Crippen molar-refractivity contribution in [2.75, 3.05) is 13.1 Å². The molecular formula is C19H20N4O. The molecule has 5 heteroatoms. The number of piperidine rings is 1. The molecule has 2 aliphatic heterocycles. The minimum absolute atomic E-state index is 0.126. The van der Waals surface area contributed by atoms with Crippen LogP contribution in [0.25, 0.3) is 0 Å². The van der Waals surface area contributed by atoms with Crippen LogP contribution in [0.1, 0.15) is 29.7 Å². The van der Waals surface area contributed by atoms with Crippen LogP contribution in [0.4, 0.5) is 4.79 Å². The Morgan fingerprint density at radius 3 is 2.54 bits per heavy atom. The van der Waals surface area contributed by atoms with Gasteiger partial charge in [-0.3, -0.25) is 9.47 Å². The first-order valence-electron chi connectivity index (χ1n) is 8.43. The van der Waals surface area contributed by atoms with Crippen molar-refractivity contribution in [2.45, 2.75) is 32.0 Å². The number of carbonyl (C=O) groups excluding carboxylic acids is 1. The zero-order valence-corrected chi connectivity index (χ0v) is 13.6. The Bertz CT molecular complexity index is 778. The summed E-state index contributed by atoms with van der Waals surface area (Å²) < 4.78 is 1.77. The topological polar surface area (TPSA) is 52.3 Å². The summed E-state index contributed by atoms with van der Waals surface area (Å²) in [5, 5.41) is 8.86. The third-order valence-corrected chi connectivity index (χ3v) is 5.10. The van der Waals surface area contributed by atoms with Gasteiger partial charge in [0.1, 0.15) is 0 Å². The van der Waals surface area contributed by atoms with Crippen molar-refractivity contribution >= 4 is 6.03 Å². The minimum Gasteiger partial charge on any atom is -0.315 e. The number of hydrogen-bond acceptors (Lipinski definition) is 3. The lowest BCUT2D eigenvalue weighted by Crippen LogP contribution is -2.45. The summed E-state index contributed by atoms with van der Waals surface area (Å²) in [6.07, 6.45) is 3.90. The number of fused-ring (bicyclic) bond motifs is 1. The van der Waals surface area contributed by atoms with Gasteiger partial charge in [0.2, 0.25) is 0 Å². The molecule has 4 rings (SSSR count). The van der Waals surface area contributed by atoms with Gasteiger partial charge in [0.05, 0.1) is 18.2 Å². The van der Waals surface area contributed by atoms with E-state index in [0.717, 1.165) is 44.7 Å². The summed E-state index contributed by atoms with van der Waals surface area (Å²) in [5.41, 5.74) is 3.04. The number of amides is 1. The molecule has 1 aromatic heterocycles. The van der Waals surface area contributed by atoms with Gasteiger partial charge >= 0.3 is 6.03 Å². The smallest absolute Gasteiger partial charge is 0.315 e. The van der Waals surface area contributed by atoms with E-state index in [0.29, 0.717) is 11.6 Å². The largest absolute Gasteiger partial charge is 0.329 e. The summed E-state index contributed by atoms with van der Waals surface area (Å²) in [6.45, 7) is 3.66. The van der Waals surface area contributed by atoms with E-state index in [1.54, 1.807) is 4.57 Å². The molecule has 3 heterocycles. The molecule has 1 amide bonds. The zero-order valence-electron chi connectivity index (χ0n) is 13.6. The molecule has 2 aliphatic rings. The molecule has 1 saturated heterocycles. The second-order valence-electron chi connectivity index (χ2n) is 6.60. The van der Waals surface area contributed by atoms with Crippen molar-refractivity contribution in [3.63, 3.8) is 0 Å². The molecule has 24 heavy (non-hydrogen) atoms. The number of likely N-dealkylation sites (tertiary alicyclic amines) is 1. The van der Waals surface area contributed by atoms with Gasteiger partial charge < -0.3 is 4.90 Å². The Hall–Kier alpha value is -2.58. The summed E-state index contributed by atoms with van der Waals surface area (Å²) >= 11 is 0. The first kappa shape index (κ1) is 15.0. The molecule has 0 spiro atoms. The Morgan fingerprint density at radius 2 is 1.88 bits per heavy atom. The Kier molecular flexibility index (Phi) is 3.83. The van der Waals surface area contributed by atoms with E-state index in [1.807, 2.05) is 47.5 Å². The molecule has 0 radical (unpaired) electrons. The Balaban J connectivity index is 1.33. The average molecular weight is 320 g/mol. The van der Waals surface area contributed by atoms with E-state index < -0.39 is 0 Å². The molecule has 1 aromatic carbocycles. The molecule has 5 nitrogen and oxygen atoms in total. The van der Waals surface area contributed by atoms with Gasteiger partial charge in [-0.1, -0.05) is 12.1 Å². The van der Waals surface area contributed by atoms with Crippen LogP contribution in [0.15, 0.2) is 42.6 Å². The molecule has 0 bridgehead atoms. The van der Waals surface area contributed by atoms with Gasteiger partial charge in [-0.05, 0) is 42.7 Å². The fourth-order valence-electron chi connectivity index (χ4n) is 3.73. The molecule has 2 aromatic rings. The van der Waals surface area contributed by atoms with Crippen LogP contribution in [0.5, 0.6) is 0 Å². The van der Waals surface area contributed by atoms with Gasteiger partial charge in [0, 0.05) is 37.6 Å². The van der Waals surface area contributed by atoms with Crippen LogP contribution < -0.4 is 0 Å². The summed E-state index contributed by atoms with van der Waals surface area (Å²) in [7, 11) is 0. The first-order valence-corrected chi connectivity index (χ1v) is 8.43. The molecule has 122 valence electrons. The van der Waals surface area contributed by atoms with Crippen molar-refractivity contribution in [3.8, 4) is 6.07 Å². The highest BCUT2D eigenvalue weighted by Crippen LogP contribution is 2.25. The van der Waals surface area contributed by atoms with Crippen molar-refractivity contribution in [3.05, 3.63) is 59.4 Å². The van der Waals surface area contributed by atoms with Gasteiger partial charge in [-0.2, -0.15) is 5.26 Å². The van der Waals surface area contributed by atoms with Crippen molar-refractivity contribution in [1.82, 2.24) is 14.4 Å². The predicted octanol–water partition coefficient (Wildman–Crippen LogP) is 2.81. The third-order valence-electron chi connectivity index (χ3n) is 5.10. The maximum atomic E-state index is 12.4. The Labute approximate surface area is 141 Å². The number of nitrogens with zero attached hydrogens (tertiary/aromatic N) is 4. The van der Waals surface area contributed by atoms with Crippen LogP contribution in [0, 0.1) is 11.3 Å². The number of hydrogen-bond donors (Lipinski definition) is 0. The van der Waals surface area contributed by atoms with Gasteiger partial charge in [0.15, 0.2) is 0 Å². The highest BCUT2D eigenvalue weighted by Gasteiger charge is 2.33. The first-order chi connectivity index (χ1) is 11.7. The molecular weight excluding hydrogens is 300 g/mol. The lowest BCUT2D eigenvalue weighted by atomic mass is 10.0. The summed E-state index contributed by atoms with van der Waals surface area (Å²) in [5.74, 6) is 0. The normalized spacial score (nSPS) is 18.6. The average Bonchev–Trinajstić information content (AvgIpc) is 3.20. The lowest BCUT2D eigenvalue weighted by Gasteiger charge is -2.36. The van der Waals surface area contributed by atoms with Gasteiger partial charge in [-0.15, -0.1) is 0 Å². The molecule has 1 fully saturated rings. The number of benzene rings is 1. The van der Waals surface area contributed by atoms with Crippen molar-refractivity contribution < 1.29 is 4.79 Å². The minimum atomic E-state index is 0.126. The fourth-order valence-corrected chi connectivity index (χ4v) is 3.73. The lowest BCUT2D eigenvalue weighted by molar-refractivity contribution is 0.123. The number of nitriles is 1. The second-order valence-corrected chi connectivity index (χ2v) is 6.60. The van der Waals surface area contributed by atoms with Crippen LogP contribution in [0.2, 0.25) is 0 Å². The van der Waals surface area contributed by atoms with E-state index in [9.17, 15) is 4.79 Å². The maximum Gasteiger partial charge on any atom is 0.329 e. The number of rotatable bonds is 3. The van der Waals surface area contributed by atoms with Crippen LogP contribution >= 0.6 is 0 Å². The zero-order chi connectivity index (χ0) is 16.5. The van der Waals surface area contributed by atoms with Crippen molar-refractivity contribution in [2.24, 2.45) is 0 Å². The predicted molar refractivity (Wildman–Crippen MR) is 90.2 cm³/mol. The maximum absolute atomic E-state index is 12.4. The Morgan fingerprint density at radius 1 is 1.12 bits per heavy atom.